The van der Waals surface area contributed by atoms with E-state index < -0.39 is 6.43 Å². The van der Waals surface area contributed by atoms with Gasteiger partial charge in [-0.1, -0.05) is 44.2 Å². The number of alkyl halides is 2. The molecule has 3 rings (SSSR count). The molecule has 0 aliphatic rings. The fraction of sp³-hybridized carbons (Fsp3) is 0.238. The van der Waals surface area contributed by atoms with Crippen LogP contribution in [0.15, 0.2) is 60.7 Å². The molecular formula is C21H21F2N. The van der Waals surface area contributed by atoms with Crippen LogP contribution in [0.1, 0.15) is 43.0 Å². The molecule has 2 aromatic carbocycles. The van der Waals surface area contributed by atoms with Gasteiger partial charge in [0.25, 0.3) is 6.43 Å². The molecule has 124 valence electrons. The molecule has 0 saturated heterocycles. The van der Waals surface area contributed by atoms with Crippen LogP contribution in [0.2, 0.25) is 0 Å². The zero-order chi connectivity index (χ0) is 17.3. The zero-order valence-electron chi connectivity index (χ0n) is 14.1. The van der Waals surface area contributed by atoms with E-state index >= 15 is 0 Å². The van der Waals surface area contributed by atoms with Crippen molar-refractivity contribution in [1.29, 1.82) is 0 Å². The lowest BCUT2D eigenvalue weighted by atomic mass is 10.0. The largest absolute Gasteiger partial charge is 0.314 e. The smallest absolute Gasteiger partial charge is 0.263 e. The normalized spacial score (nSPS) is 11.5. The molecule has 1 aromatic heterocycles. The van der Waals surface area contributed by atoms with E-state index in [-0.39, 0.29) is 5.56 Å². The van der Waals surface area contributed by atoms with Crippen LogP contribution in [0.3, 0.4) is 0 Å². The van der Waals surface area contributed by atoms with Gasteiger partial charge in [0.05, 0.1) is 5.69 Å². The second-order valence-corrected chi connectivity index (χ2v) is 6.37. The van der Waals surface area contributed by atoms with E-state index in [0.29, 0.717) is 5.92 Å². The maximum Gasteiger partial charge on any atom is 0.263 e. The van der Waals surface area contributed by atoms with Crippen LogP contribution in [0.4, 0.5) is 8.78 Å². The summed E-state index contributed by atoms with van der Waals surface area (Å²) in [4.78, 5) is 0. The van der Waals surface area contributed by atoms with Crippen molar-refractivity contribution < 1.29 is 8.78 Å². The molecule has 0 saturated carbocycles. The van der Waals surface area contributed by atoms with Gasteiger partial charge in [-0.3, -0.25) is 0 Å². The molecule has 0 bridgehead atoms. The monoisotopic (exact) mass is 325 g/mol. The second-order valence-electron chi connectivity index (χ2n) is 6.37. The second kappa shape index (κ2) is 6.60. The van der Waals surface area contributed by atoms with E-state index in [1.807, 2.05) is 25.1 Å². The van der Waals surface area contributed by atoms with Crippen molar-refractivity contribution in [1.82, 2.24) is 4.57 Å². The first-order valence-corrected chi connectivity index (χ1v) is 8.14. The van der Waals surface area contributed by atoms with Crippen LogP contribution in [0, 0.1) is 6.92 Å². The predicted molar refractivity (Wildman–Crippen MR) is 95.0 cm³/mol. The average molecular weight is 325 g/mol. The number of rotatable bonds is 4. The summed E-state index contributed by atoms with van der Waals surface area (Å²) in [6.45, 7) is 6.35. The first-order valence-electron chi connectivity index (χ1n) is 8.14. The van der Waals surface area contributed by atoms with Crippen molar-refractivity contribution in [2.24, 2.45) is 0 Å². The molecule has 3 heteroatoms. The van der Waals surface area contributed by atoms with Crippen molar-refractivity contribution in [3.8, 4) is 16.9 Å². The molecule has 0 radical (unpaired) electrons. The van der Waals surface area contributed by atoms with Gasteiger partial charge < -0.3 is 4.57 Å². The average Bonchev–Trinajstić information content (AvgIpc) is 2.96. The third-order valence-electron chi connectivity index (χ3n) is 4.33. The fourth-order valence-electron chi connectivity index (χ4n) is 2.95. The summed E-state index contributed by atoms with van der Waals surface area (Å²) >= 11 is 0. The highest BCUT2D eigenvalue weighted by molar-refractivity contribution is 5.65. The first kappa shape index (κ1) is 16.4. The molecule has 1 heterocycles. The number of hydrogen-bond acceptors (Lipinski definition) is 0. The van der Waals surface area contributed by atoms with Crippen LogP contribution in [-0.2, 0) is 0 Å². The van der Waals surface area contributed by atoms with Crippen molar-refractivity contribution in [2.75, 3.05) is 0 Å². The van der Waals surface area contributed by atoms with E-state index in [4.69, 9.17) is 0 Å². The first-order chi connectivity index (χ1) is 11.5. The lowest BCUT2D eigenvalue weighted by Crippen LogP contribution is -2.00. The molecule has 3 aromatic rings. The zero-order valence-corrected chi connectivity index (χ0v) is 14.1. The topological polar surface area (TPSA) is 4.93 Å². The maximum absolute atomic E-state index is 13.0. The van der Waals surface area contributed by atoms with E-state index in [0.717, 1.165) is 22.6 Å². The summed E-state index contributed by atoms with van der Waals surface area (Å²) in [5, 5.41) is 0. The van der Waals surface area contributed by atoms with Crippen LogP contribution < -0.4 is 0 Å². The van der Waals surface area contributed by atoms with Gasteiger partial charge in [-0.2, -0.15) is 0 Å². The highest BCUT2D eigenvalue weighted by Gasteiger charge is 2.13. The summed E-state index contributed by atoms with van der Waals surface area (Å²) < 4.78 is 28.1. The Kier molecular flexibility index (Phi) is 4.52. The molecule has 0 aliphatic carbocycles. The van der Waals surface area contributed by atoms with Crippen LogP contribution in [0.5, 0.6) is 0 Å². The Hall–Kier alpha value is -2.42. The minimum Gasteiger partial charge on any atom is -0.314 e. The van der Waals surface area contributed by atoms with E-state index in [2.05, 4.69) is 42.7 Å². The minimum absolute atomic E-state index is 0.0491. The number of aromatic nitrogens is 1. The summed E-state index contributed by atoms with van der Waals surface area (Å²) in [5.41, 5.74) is 5.17. The van der Waals surface area contributed by atoms with E-state index in [9.17, 15) is 8.78 Å². The Balaban J connectivity index is 2.08. The third kappa shape index (κ3) is 3.12. The van der Waals surface area contributed by atoms with E-state index in [1.54, 1.807) is 12.1 Å². The molecule has 0 aliphatic heterocycles. The molecular weight excluding hydrogens is 304 g/mol. The number of halogens is 2. The number of aryl methyl sites for hydroxylation is 1. The van der Waals surface area contributed by atoms with Gasteiger partial charge in [0.15, 0.2) is 0 Å². The molecule has 0 amide bonds. The van der Waals surface area contributed by atoms with Gasteiger partial charge in [0, 0.05) is 16.9 Å². The van der Waals surface area contributed by atoms with Crippen LogP contribution in [0.25, 0.3) is 16.9 Å². The Morgan fingerprint density at radius 3 is 2.17 bits per heavy atom. The van der Waals surface area contributed by atoms with E-state index in [1.165, 1.54) is 11.6 Å². The molecule has 0 spiro atoms. The lowest BCUT2D eigenvalue weighted by Gasteiger charge is -2.14. The third-order valence-corrected chi connectivity index (χ3v) is 4.33. The van der Waals surface area contributed by atoms with Gasteiger partial charge in [-0.05, 0) is 54.3 Å². The Labute approximate surface area is 141 Å². The minimum atomic E-state index is -2.46. The maximum atomic E-state index is 13.0. The van der Waals surface area contributed by atoms with Crippen molar-refractivity contribution in [2.45, 2.75) is 33.1 Å². The predicted octanol–water partition coefficient (Wildman–Crippen LogP) is 6.51. The van der Waals surface area contributed by atoms with Crippen molar-refractivity contribution in [3.63, 3.8) is 0 Å². The summed E-state index contributed by atoms with van der Waals surface area (Å²) in [5.74, 6) is 0.479. The number of nitrogens with zero attached hydrogens (tertiary/aromatic N) is 1. The van der Waals surface area contributed by atoms with Gasteiger partial charge in [-0.25, -0.2) is 8.78 Å². The standard InChI is InChI=1S/C21H21F2N/c1-14(2)16-8-10-19(11-9-16)24-15(3)7-12-20(24)17-5-4-6-18(13-17)21(22)23/h4-14,21H,1-3H3. The lowest BCUT2D eigenvalue weighted by molar-refractivity contribution is 0.151. The molecule has 24 heavy (non-hydrogen) atoms. The number of benzene rings is 2. The molecule has 1 nitrogen and oxygen atoms in total. The van der Waals surface area contributed by atoms with Crippen LogP contribution >= 0.6 is 0 Å². The fourth-order valence-corrected chi connectivity index (χ4v) is 2.95. The Morgan fingerprint density at radius 1 is 0.833 bits per heavy atom. The molecule has 0 atom stereocenters. The SMILES string of the molecule is Cc1ccc(-c2cccc(C(F)F)c2)n1-c1ccc(C(C)C)cc1. The molecule has 0 fully saturated rings. The Bertz CT molecular complexity index is 829. The van der Waals surface area contributed by atoms with Crippen LogP contribution in [-0.4, -0.2) is 4.57 Å². The molecule has 0 N–H and O–H groups in total. The highest BCUT2D eigenvalue weighted by atomic mass is 19.3. The summed E-state index contributed by atoms with van der Waals surface area (Å²) in [6.07, 6.45) is -2.46. The number of hydrogen-bond donors (Lipinski definition) is 0. The van der Waals surface area contributed by atoms with Gasteiger partial charge in [0.1, 0.15) is 0 Å². The van der Waals surface area contributed by atoms with Crippen molar-refractivity contribution >= 4 is 0 Å². The Morgan fingerprint density at radius 2 is 1.54 bits per heavy atom. The van der Waals surface area contributed by atoms with Gasteiger partial charge >= 0.3 is 0 Å². The summed E-state index contributed by atoms with van der Waals surface area (Å²) in [6, 6.07) is 19.0. The summed E-state index contributed by atoms with van der Waals surface area (Å²) in [7, 11) is 0. The van der Waals surface area contributed by atoms with Gasteiger partial charge in [0.2, 0.25) is 0 Å². The highest BCUT2D eigenvalue weighted by Crippen LogP contribution is 2.30. The quantitative estimate of drug-likeness (QED) is 0.515. The van der Waals surface area contributed by atoms with Gasteiger partial charge in [-0.15, -0.1) is 0 Å². The van der Waals surface area contributed by atoms with Crippen molar-refractivity contribution in [3.05, 3.63) is 77.5 Å². The molecule has 0 unspecified atom stereocenters.